The molecule has 0 aromatic heterocycles. The third kappa shape index (κ3) is 3.97. The molecule has 2 bridgehead atoms. The molecule has 0 amide bonds. The second-order valence-corrected chi connectivity index (χ2v) is 7.89. The van der Waals surface area contributed by atoms with E-state index in [0.717, 1.165) is 49.4 Å². The lowest BCUT2D eigenvalue weighted by atomic mass is 9.78. The van der Waals surface area contributed by atoms with Gasteiger partial charge in [0.05, 0.1) is 13.2 Å². The summed E-state index contributed by atoms with van der Waals surface area (Å²) in [7, 11) is 1.68. The molecule has 2 atom stereocenters. The summed E-state index contributed by atoms with van der Waals surface area (Å²) in [6.45, 7) is 4.83. The van der Waals surface area contributed by atoms with E-state index in [4.69, 9.17) is 9.47 Å². The predicted molar refractivity (Wildman–Crippen MR) is 106 cm³/mol. The molecule has 3 aliphatic rings. The van der Waals surface area contributed by atoms with E-state index in [9.17, 15) is 5.11 Å². The molecule has 0 spiro atoms. The third-order valence-electron chi connectivity index (χ3n) is 6.11. The van der Waals surface area contributed by atoms with Gasteiger partial charge in [0.1, 0.15) is 6.61 Å². The minimum atomic E-state index is -0.212. The van der Waals surface area contributed by atoms with E-state index >= 15 is 0 Å². The van der Waals surface area contributed by atoms with Crippen LogP contribution in [0, 0.1) is 12.8 Å². The van der Waals surface area contributed by atoms with E-state index in [1.807, 2.05) is 6.07 Å². The smallest absolute Gasteiger partial charge is 0.161 e. The number of rotatable bonds is 6. The Kier molecular flexibility index (Phi) is 5.37. The quantitative estimate of drug-likeness (QED) is 0.847. The molecule has 2 unspecified atom stereocenters. The largest absolute Gasteiger partial charge is 0.493 e. The number of nitrogens with zero attached hydrogens (tertiary/aromatic N) is 1. The minimum Gasteiger partial charge on any atom is -0.493 e. The van der Waals surface area contributed by atoms with Crippen molar-refractivity contribution in [3.8, 4) is 11.5 Å². The van der Waals surface area contributed by atoms with Crippen LogP contribution in [0.5, 0.6) is 11.5 Å². The lowest BCUT2D eigenvalue weighted by Crippen LogP contribution is -2.58. The van der Waals surface area contributed by atoms with Crippen molar-refractivity contribution in [3.05, 3.63) is 59.2 Å². The average molecular weight is 367 g/mol. The predicted octanol–water partition coefficient (Wildman–Crippen LogP) is 3.58. The van der Waals surface area contributed by atoms with E-state index in [1.165, 1.54) is 11.1 Å². The zero-order valence-corrected chi connectivity index (χ0v) is 16.2. The maximum atomic E-state index is 10.6. The van der Waals surface area contributed by atoms with Gasteiger partial charge in [0.2, 0.25) is 0 Å². The summed E-state index contributed by atoms with van der Waals surface area (Å²) in [6, 6.07) is 14.7. The van der Waals surface area contributed by atoms with Crippen LogP contribution in [0.25, 0.3) is 0 Å². The second-order valence-electron chi connectivity index (χ2n) is 7.89. The number of ether oxygens (including phenoxy) is 2. The number of aliphatic hydroxyl groups is 1. The van der Waals surface area contributed by atoms with E-state index in [1.54, 1.807) is 7.11 Å². The van der Waals surface area contributed by atoms with Crippen LogP contribution in [0.3, 0.4) is 0 Å². The number of piperidine rings is 3. The highest BCUT2D eigenvalue weighted by Gasteiger charge is 2.40. The zero-order chi connectivity index (χ0) is 18.8. The van der Waals surface area contributed by atoms with Crippen molar-refractivity contribution in [3.63, 3.8) is 0 Å². The fourth-order valence-electron chi connectivity index (χ4n) is 4.42. The first-order valence-corrected chi connectivity index (χ1v) is 9.91. The standard InChI is InChI=1S/C23H29NO3/c1-16-3-5-17(6-4-16)15-27-21-8-7-18(14-22(21)26-2)13-20-23(25)19-9-11-24(20)12-10-19/h3-8,14,19-20,23,25H,9-13,15H2,1-2H3. The van der Waals surface area contributed by atoms with Crippen LogP contribution in [-0.4, -0.2) is 42.4 Å². The van der Waals surface area contributed by atoms with Gasteiger partial charge >= 0.3 is 0 Å². The van der Waals surface area contributed by atoms with Gasteiger partial charge in [-0.15, -0.1) is 0 Å². The summed E-state index contributed by atoms with van der Waals surface area (Å²) in [6.07, 6.45) is 2.90. The van der Waals surface area contributed by atoms with Crippen molar-refractivity contribution in [1.82, 2.24) is 4.90 Å². The molecule has 4 nitrogen and oxygen atoms in total. The molecule has 2 aromatic carbocycles. The molecule has 5 rings (SSSR count). The fourth-order valence-corrected chi connectivity index (χ4v) is 4.42. The molecule has 3 heterocycles. The lowest BCUT2D eigenvalue weighted by Gasteiger charge is -2.49. The van der Waals surface area contributed by atoms with Crippen LogP contribution in [0.2, 0.25) is 0 Å². The molecule has 0 aliphatic carbocycles. The van der Waals surface area contributed by atoms with Gasteiger partial charge in [-0.2, -0.15) is 0 Å². The number of hydrogen-bond acceptors (Lipinski definition) is 4. The van der Waals surface area contributed by atoms with E-state index in [2.05, 4.69) is 48.2 Å². The van der Waals surface area contributed by atoms with Gasteiger partial charge < -0.3 is 14.6 Å². The van der Waals surface area contributed by atoms with Crippen LogP contribution in [0.15, 0.2) is 42.5 Å². The normalized spacial score (nSPS) is 26.8. The second kappa shape index (κ2) is 7.91. The first-order chi connectivity index (χ1) is 13.1. The Morgan fingerprint density at radius 1 is 1.00 bits per heavy atom. The monoisotopic (exact) mass is 367 g/mol. The molecule has 3 saturated heterocycles. The molecule has 3 aliphatic heterocycles. The minimum absolute atomic E-state index is 0.212. The number of aryl methyl sites for hydroxylation is 1. The Labute approximate surface area is 161 Å². The molecule has 0 radical (unpaired) electrons. The third-order valence-corrected chi connectivity index (χ3v) is 6.11. The van der Waals surface area contributed by atoms with Crippen LogP contribution in [-0.2, 0) is 13.0 Å². The van der Waals surface area contributed by atoms with Crippen molar-refractivity contribution in [2.24, 2.45) is 5.92 Å². The Morgan fingerprint density at radius 2 is 1.70 bits per heavy atom. The molecule has 3 fully saturated rings. The van der Waals surface area contributed by atoms with E-state index in [0.29, 0.717) is 12.5 Å². The van der Waals surface area contributed by atoms with Crippen molar-refractivity contribution >= 4 is 0 Å². The van der Waals surface area contributed by atoms with E-state index in [-0.39, 0.29) is 12.1 Å². The van der Waals surface area contributed by atoms with Gasteiger partial charge in [-0.25, -0.2) is 0 Å². The number of benzene rings is 2. The Morgan fingerprint density at radius 3 is 2.37 bits per heavy atom. The lowest BCUT2D eigenvalue weighted by molar-refractivity contribution is -0.0715. The first kappa shape index (κ1) is 18.3. The van der Waals surface area contributed by atoms with Crippen molar-refractivity contribution in [1.29, 1.82) is 0 Å². The summed E-state index contributed by atoms with van der Waals surface area (Å²) in [5.74, 6) is 1.98. The molecule has 1 N–H and O–H groups in total. The van der Waals surface area contributed by atoms with Gasteiger partial charge in [-0.1, -0.05) is 35.9 Å². The van der Waals surface area contributed by atoms with Crippen molar-refractivity contribution in [2.75, 3.05) is 20.2 Å². The number of hydrogen-bond donors (Lipinski definition) is 1. The molecular weight excluding hydrogens is 338 g/mol. The molecular formula is C23H29NO3. The molecule has 4 heteroatoms. The van der Waals surface area contributed by atoms with Gasteiger partial charge in [0.15, 0.2) is 11.5 Å². The Hall–Kier alpha value is -2.04. The number of aliphatic hydroxyl groups excluding tert-OH is 1. The highest BCUT2D eigenvalue weighted by atomic mass is 16.5. The van der Waals surface area contributed by atoms with Gasteiger partial charge in [0.25, 0.3) is 0 Å². The van der Waals surface area contributed by atoms with Gasteiger partial charge in [-0.05, 0) is 68.5 Å². The molecule has 144 valence electrons. The molecule has 2 aromatic rings. The summed E-state index contributed by atoms with van der Waals surface area (Å²) < 4.78 is 11.6. The number of fused-ring (bicyclic) bond motifs is 3. The van der Waals surface area contributed by atoms with Gasteiger partial charge in [0, 0.05) is 6.04 Å². The summed E-state index contributed by atoms with van der Waals surface area (Å²) in [5.41, 5.74) is 3.57. The van der Waals surface area contributed by atoms with Crippen LogP contribution in [0.4, 0.5) is 0 Å². The Balaban J connectivity index is 1.44. The molecule has 0 saturated carbocycles. The van der Waals surface area contributed by atoms with Crippen molar-refractivity contribution < 1.29 is 14.6 Å². The first-order valence-electron chi connectivity index (χ1n) is 9.91. The van der Waals surface area contributed by atoms with Crippen LogP contribution >= 0.6 is 0 Å². The van der Waals surface area contributed by atoms with Gasteiger partial charge in [-0.3, -0.25) is 4.90 Å². The van der Waals surface area contributed by atoms with Crippen molar-refractivity contribution in [2.45, 2.75) is 44.9 Å². The highest BCUT2D eigenvalue weighted by molar-refractivity contribution is 5.43. The van der Waals surface area contributed by atoms with Crippen LogP contribution in [0.1, 0.15) is 29.5 Å². The highest BCUT2D eigenvalue weighted by Crippen LogP contribution is 2.35. The maximum absolute atomic E-state index is 10.6. The molecule has 27 heavy (non-hydrogen) atoms. The fraction of sp³-hybridized carbons (Fsp3) is 0.478. The topological polar surface area (TPSA) is 41.9 Å². The number of methoxy groups -OCH3 is 1. The SMILES string of the molecule is COc1cc(CC2C(O)C3CCN2CC3)ccc1OCc1ccc(C)cc1. The maximum Gasteiger partial charge on any atom is 0.161 e. The zero-order valence-electron chi connectivity index (χ0n) is 16.2. The average Bonchev–Trinajstić information content (AvgIpc) is 2.71. The summed E-state index contributed by atoms with van der Waals surface area (Å²) >= 11 is 0. The summed E-state index contributed by atoms with van der Waals surface area (Å²) in [5, 5.41) is 10.6. The van der Waals surface area contributed by atoms with Crippen LogP contribution < -0.4 is 9.47 Å². The Bertz CT molecular complexity index is 764. The summed E-state index contributed by atoms with van der Waals surface area (Å²) in [4.78, 5) is 2.44. The van der Waals surface area contributed by atoms with E-state index < -0.39 is 0 Å².